The summed E-state index contributed by atoms with van der Waals surface area (Å²) in [5, 5.41) is 2.71. The maximum Gasteiger partial charge on any atom is 0.328 e. The first-order valence-corrected chi connectivity index (χ1v) is 9.96. The van der Waals surface area contributed by atoms with Crippen molar-refractivity contribution >= 4 is 23.7 Å². The summed E-state index contributed by atoms with van der Waals surface area (Å²) in [6, 6.07) is 15.2. The van der Waals surface area contributed by atoms with Crippen LogP contribution in [0.4, 0.5) is 0 Å². The Kier molecular flexibility index (Phi) is 6.95. The Morgan fingerprint density at radius 2 is 1.57 bits per heavy atom. The zero-order chi connectivity index (χ0) is 21.5. The van der Waals surface area contributed by atoms with Crippen molar-refractivity contribution in [3.8, 4) is 0 Å². The molecule has 156 valence electrons. The molecule has 1 unspecified atom stereocenters. The minimum Gasteiger partial charge on any atom is -0.464 e. The predicted octanol–water partition coefficient (Wildman–Crippen LogP) is 2.35. The molecule has 1 aliphatic rings. The molecule has 0 radical (unpaired) electrons. The Hall–Kier alpha value is -3.48. The highest BCUT2D eigenvalue weighted by Gasteiger charge is 2.34. The lowest BCUT2D eigenvalue weighted by Crippen LogP contribution is -2.43. The maximum atomic E-state index is 12.4. The number of benzene rings is 2. The van der Waals surface area contributed by atoms with E-state index in [4.69, 9.17) is 4.74 Å². The van der Waals surface area contributed by atoms with Crippen molar-refractivity contribution in [1.82, 2.24) is 10.2 Å². The number of esters is 1. The van der Waals surface area contributed by atoms with Crippen molar-refractivity contribution in [2.24, 2.45) is 0 Å². The van der Waals surface area contributed by atoms with E-state index >= 15 is 0 Å². The molecular weight excluding hydrogens is 384 g/mol. The Balaban J connectivity index is 1.54. The molecule has 3 rings (SSSR count). The average molecular weight is 408 g/mol. The molecule has 0 aromatic heterocycles. The predicted molar refractivity (Wildman–Crippen MR) is 110 cm³/mol. The third-order valence-electron chi connectivity index (χ3n) is 4.85. The Labute approximate surface area is 175 Å². The highest BCUT2D eigenvalue weighted by atomic mass is 16.5. The van der Waals surface area contributed by atoms with Crippen molar-refractivity contribution in [2.45, 2.75) is 32.2 Å². The number of hydrogen-bond donors (Lipinski definition) is 1. The minimum atomic E-state index is -0.792. The van der Waals surface area contributed by atoms with Gasteiger partial charge in [-0.1, -0.05) is 42.5 Å². The van der Waals surface area contributed by atoms with E-state index in [1.807, 2.05) is 30.3 Å². The van der Waals surface area contributed by atoms with E-state index in [-0.39, 0.29) is 37.3 Å². The first-order valence-electron chi connectivity index (χ1n) is 9.96. The topological polar surface area (TPSA) is 92.8 Å². The fourth-order valence-electron chi connectivity index (χ4n) is 3.39. The fourth-order valence-corrected chi connectivity index (χ4v) is 3.39. The quantitative estimate of drug-likeness (QED) is 0.508. The van der Waals surface area contributed by atoms with Gasteiger partial charge >= 0.3 is 5.97 Å². The average Bonchev–Trinajstić information content (AvgIpc) is 2.99. The summed E-state index contributed by atoms with van der Waals surface area (Å²) in [7, 11) is 0. The molecule has 2 aromatic carbocycles. The molecular formula is C23H24N2O5. The molecule has 7 heteroatoms. The second-order valence-electron chi connectivity index (χ2n) is 6.97. The van der Waals surface area contributed by atoms with Gasteiger partial charge < -0.3 is 10.1 Å². The number of amides is 3. The van der Waals surface area contributed by atoms with Gasteiger partial charge in [-0.15, -0.1) is 0 Å². The van der Waals surface area contributed by atoms with Gasteiger partial charge in [0.05, 0.1) is 17.7 Å². The maximum absolute atomic E-state index is 12.4. The molecule has 30 heavy (non-hydrogen) atoms. The number of nitrogens with one attached hydrogen (secondary N) is 1. The van der Waals surface area contributed by atoms with E-state index < -0.39 is 12.0 Å². The minimum absolute atomic E-state index is 0.0814. The number of ether oxygens (including phenoxy) is 1. The summed E-state index contributed by atoms with van der Waals surface area (Å²) in [5.74, 6) is -1.51. The Morgan fingerprint density at radius 3 is 2.17 bits per heavy atom. The van der Waals surface area contributed by atoms with Crippen molar-refractivity contribution < 1.29 is 23.9 Å². The van der Waals surface area contributed by atoms with E-state index in [9.17, 15) is 19.2 Å². The normalized spacial score (nSPS) is 13.7. The molecule has 0 fully saturated rings. The largest absolute Gasteiger partial charge is 0.464 e. The summed E-state index contributed by atoms with van der Waals surface area (Å²) in [6.07, 6.45) is 0.708. The first-order chi connectivity index (χ1) is 14.5. The molecule has 1 N–H and O–H groups in total. The first kappa shape index (κ1) is 21.2. The van der Waals surface area contributed by atoms with Crippen LogP contribution in [-0.4, -0.2) is 47.8 Å². The zero-order valence-corrected chi connectivity index (χ0v) is 16.8. The molecule has 0 bridgehead atoms. The van der Waals surface area contributed by atoms with Crippen LogP contribution in [0.3, 0.4) is 0 Å². The van der Waals surface area contributed by atoms with E-state index in [1.165, 1.54) is 0 Å². The smallest absolute Gasteiger partial charge is 0.328 e. The lowest BCUT2D eigenvalue weighted by atomic mass is 10.1. The number of imide groups is 1. The molecule has 1 atom stereocenters. The van der Waals surface area contributed by atoms with Gasteiger partial charge in [-0.2, -0.15) is 0 Å². The van der Waals surface area contributed by atoms with Gasteiger partial charge in [0.1, 0.15) is 6.04 Å². The van der Waals surface area contributed by atoms with Gasteiger partial charge in [-0.05, 0) is 31.0 Å². The van der Waals surface area contributed by atoms with Gasteiger partial charge in [0.15, 0.2) is 0 Å². The van der Waals surface area contributed by atoms with E-state index in [2.05, 4.69) is 5.32 Å². The van der Waals surface area contributed by atoms with Gasteiger partial charge in [-0.3, -0.25) is 19.3 Å². The number of nitrogens with zero attached hydrogens (tertiary/aromatic N) is 1. The third kappa shape index (κ3) is 4.92. The van der Waals surface area contributed by atoms with Crippen molar-refractivity contribution in [3.05, 3.63) is 71.3 Å². The van der Waals surface area contributed by atoms with Gasteiger partial charge in [0.2, 0.25) is 5.91 Å². The molecule has 3 amide bonds. The second-order valence-corrected chi connectivity index (χ2v) is 6.97. The van der Waals surface area contributed by atoms with Crippen molar-refractivity contribution in [1.29, 1.82) is 0 Å². The Bertz CT molecular complexity index is 907. The van der Waals surface area contributed by atoms with Crippen LogP contribution in [0.25, 0.3) is 0 Å². The molecule has 0 saturated heterocycles. The van der Waals surface area contributed by atoms with E-state index in [1.54, 1.807) is 31.2 Å². The van der Waals surface area contributed by atoms with Crippen molar-refractivity contribution in [2.75, 3.05) is 13.2 Å². The van der Waals surface area contributed by atoms with Crippen LogP contribution in [0.5, 0.6) is 0 Å². The lowest BCUT2D eigenvalue weighted by molar-refractivity contribution is -0.147. The van der Waals surface area contributed by atoms with Crippen LogP contribution in [0, 0.1) is 0 Å². The number of hydrogen-bond acceptors (Lipinski definition) is 5. The molecule has 0 aliphatic carbocycles. The van der Waals surface area contributed by atoms with Crippen LogP contribution < -0.4 is 5.32 Å². The number of carbonyl (C=O) groups is 4. The summed E-state index contributed by atoms with van der Waals surface area (Å²) < 4.78 is 5.08. The lowest BCUT2D eigenvalue weighted by Gasteiger charge is -2.18. The highest BCUT2D eigenvalue weighted by molar-refractivity contribution is 6.21. The van der Waals surface area contributed by atoms with Gasteiger partial charge in [0.25, 0.3) is 11.8 Å². The van der Waals surface area contributed by atoms with Crippen molar-refractivity contribution in [3.63, 3.8) is 0 Å². The molecule has 2 aromatic rings. The van der Waals surface area contributed by atoms with Crippen LogP contribution in [0.15, 0.2) is 54.6 Å². The van der Waals surface area contributed by atoms with Crippen LogP contribution in [0.1, 0.15) is 46.0 Å². The van der Waals surface area contributed by atoms with Crippen LogP contribution in [-0.2, 0) is 20.7 Å². The molecule has 7 nitrogen and oxygen atoms in total. The molecule has 0 spiro atoms. The van der Waals surface area contributed by atoms with Crippen LogP contribution >= 0.6 is 0 Å². The summed E-state index contributed by atoms with van der Waals surface area (Å²) in [4.78, 5) is 50.5. The third-order valence-corrected chi connectivity index (χ3v) is 4.85. The summed E-state index contributed by atoms with van der Waals surface area (Å²) in [6.45, 7) is 2.07. The highest BCUT2D eigenvalue weighted by Crippen LogP contribution is 2.22. The fraction of sp³-hybridized carbons (Fsp3) is 0.304. The number of rotatable bonds is 9. The zero-order valence-electron chi connectivity index (χ0n) is 16.8. The molecule has 0 saturated carbocycles. The monoisotopic (exact) mass is 408 g/mol. The summed E-state index contributed by atoms with van der Waals surface area (Å²) in [5.41, 5.74) is 1.68. The Morgan fingerprint density at radius 1 is 0.967 bits per heavy atom. The second kappa shape index (κ2) is 9.82. The SMILES string of the molecule is CCOC(=O)C(Cc1ccccc1)NC(=O)CCCN1C(=O)c2ccccc2C1=O. The van der Waals surface area contributed by atoms with Gasteiger partial charge in [0, 0.05) is 19.4 Å². The standard InChI is InChI=1S/C23H24N2O5/c1-2-30-23(29)19(15-16-9-4-3-5-10-16)24-20(26)13-8-14-25-21(27)17-11-6-7-12-18(17)22(25)28/h3-7,9-12,19H,2,8,13-15H2,1H3,(H,24,26). The molecule has 1 heterocycles. The van der Waals surface area contributed by atoms with Crippen LogP contribution in [0.2, 0.25) is 0 Å². The van der Waals surface area contributed by atoms with E-state index in [0.29, 0.717) is 24.0 Å². The van der Waals surface area contributed by atoms with E-state index in [0.717, 1.165) is 10.5 Å². The van der Waals surface area contributed by atoms with Gasteiger partial charge in [-0.25, -0.2) is 4.79 Å². The number of fused-ring (bicyclic) bond motifs is 1. The molecule has 1 aliphatic heterocycles. The summed E-state index contributed by atoms with van der Waals surface area (Å²) >= 11 is 0. The number of carbonyl (C=O) groups excluding carboxylic acids is 4.